The Morgan fingerprint density at radius 2 is 1.75 bits per heavy atom. The number of nitrogens with one attached hydrogen (secondary N) is 1. The Morgan fingerprint density at radius 3 is 2.20 bits per heavy atom. The minimum atomic E-state index is -0.839. The van der Waals surface area contributed by atoms with Gasteiger partial charge in [-0.15, -0.1) is 0 Å². The van der Waals surface area contributed by atoms with Crippen LogP contribution in [0, 0.1) is 5.92 Å². The minimum Gasteiger partial charge on any atom is -0.388 e. The van der Waals surface area contributed by atoms with Crippen molar-refractivity contribution in [1.82, 2.24) is 5.32 Å². The topological polar surface area (TPSA) is 49.3 Å². The Labute approximate surface area is 122 Å². The van der Waals surface area contributed by atoms with Crippen LogP contribution in [-0.2, 0) is 0 Å². The van der Waals surface area contributed by atoms with E-state index >= 15 is 0 Å². The van der Waals surface area contributed by atoms with Crippen molar-refractivity contribution in [1.29, 1.82) is 0 Å². The average molecular weight is 277 g/mol. The summed E-state index contributed by atoms with van der Waals surface area (Å²) in [4.78, 5) is 12.3. The zero-order valence-corrected chi connectivity index (χ0v) is 13.0. The highest BCUT2D eigenvalue weighted by Crippen LogP contribution is 2.25. The lowest BCUT2D eigenvalue weighted by Crippen LogP contribution is -2.52. The van der Waals surface area contributed by atoms with Gasteiger partial charge >= 0.3 is 0 Å². The number of carbonyl (C=O) groups excluding carboxylic acids is 1. The molecule has 0 unspecified atom stereocenters. The summed E-state index contributed by atoms with van der Waals surface area (Å²) in [5.74, 6) is 0.303. The van der Waals surface area contributed by atoms with Crippen LogP contribution in [0.1, 0.15) is 57.3 Å². The fraction of sp³-hybridized carbons (Fsp3) is 0.588. The number of hydrogen-bond donors (Lipinski definition) is 2. The van der Waals surface area contributed by atoms with Crippen molar-refractivity contribution >= 4 is 5.91 Å². The van der Waals surface area contributed by atoms with E-state index in [1.54, 1.807) is 12.1 Å². The third kappa shape index (κ3) is 4.34. The Hall–Kier alpha value is -1.35. The molecule has 112 valence electrons. The van der Waals surface area contributed by atoms with E-state index in [2.05, 4.69) is 19.2 Å². The van der Waals surface area contributed by atoms with Crippen LogP contribution < -0.4 is 5.32 Å². The van der Waals surface area contributed by atoms with E-state index in [1.165, 1.54) is 0 Å². The third-order valence-corrected chi connectivity index (χ3v) is 3.92. The number of benzene rings is 1. The average Bonchev–Trinajstić information content (AvgIpc) is 2.46. The molecule has 3 heteroatoms. The summed E-state index contributed by atoms with van der Waals surface area (Å²) in [6.07, 6.45) is 2.04. The second kappa shape index (κ2) is 7.44. The lowest BCUT2D eigenvalue weighted by Gasteiger charge is -2.36. The maximum Gasteiger partial charge on any atom is 0.251 e. The molecule has 0 aliphatic rings. The molecule has 0 saturated carbocycles. The molecular weight excluding hydrogens is 250 g/mol. The van der Waals surface area contributed by atoms with Gasteiger partial charge in [0.25, 0.3) is 5.91 Å². The molecule has 0 aromatic heterocycles. The van der Waals surface area contributed by atoms with Crippen LogP contribution in [0.5, 0.6) is 0 Å². The zero-order valence-electron chi connectivity index (χ0n) is 13.0. The van der Waals surface area contributed by atoms with Gasteiger partial charge in [0.05, 0.1) is 11.6 Å². The summed E-state index contributed by atoms with van der Waals surface area (Å²) >= 11 is 0. The van der Waals surface area contributed by atoms with Crippen LogP contribution in [0.3, 0.4) is 0 Å². The third-order valence-electron chi connectivity index (χ3n) is 3.92. The molecule has 1 aromatic carbocycles. The summed E-state index contributed by atoms with van der Waals surface area (Å²) < 4.78 is 0. The van der Waals surface area contributed by atoms with E-state index in [0.717, 1.165) is 6.42 Å². The largest absolute Gasteiger partial charge is 0.388 e. The van der Waals surface area contributed by atoms with Gasteiger partial charge in [0.1, 0.15) is 0 Å². The summed E-state index contributed by atoms with van der Waals surface area (Å²) in [5, 5.41) is 13.7. The first-order chi connectivity index (χ1) is 9.42. The Morgan fingerprint density at radius 1 is 1.20 bits per heavy atom. The van der Waals surface area contributed by atoms with Crippen molar-refractivity contribution < 1.29 is 9.90 Å². The van der Waals surface area contributed by atoms with Crippen molar-refractivity contribution in [2.75, 3.05) is 0 Å². The van der Waals surface area contributed by atoms with Gasteiger partial charge in [-0.25, -0.2) is 0 Å². The first kappa shape index (κ1) is 16.7. The molecule has 1 atom stereocenters. The molecule has 0 fully saturated rings. The molecule has 1 rings (SSSR count). The monoisotopic (exact) mass is 277 g/mol. The maximum atomic E-state index is 12.3. The number of hydrogen-bond acceptors (Lipinski definition) is 2. The van der Waals surface area contributed by atoms with E-state index in [1.807, 2.05) is 32.0 Å². The number of rotatable bonds is 7. The SMILES string of the molecule is CCC(O)(CC)[C@H](CC(C)C)NC(=O)c1ccccc1. The van der Waals surface area contributed by atoms with Gasteiger partial charge in [-0.2, -0.15) is 0 Å². The van der Waals surface area contributed by atoms with E-state index in [9.17, 15) is 9.90 Å². The molecule has 20 heavy (non-hydrogen) atoms. The normalized spacial score (nSPS) is 13.3. The van der Waals surface area contributed by atoms with E-state index in [4.69, 9.17) is 0 Å². The van der Waals surface area contributed by atoms with Crippen LogP contribution in [0.4, 0.5) is 0 Å². The predicted molar refractivity (Wildman–Crippen MR) is 82.7 cm³/mol. The van der Waals surface area contributed by atoms with Gasteiger partial charge in [0.2, 0.25) is 0 Å². The van der Waals surface area contributed by atoms with Gasteiger partial charge in [0, 0.05) is 5.56 Å². The predicted octanol–water partition coefficient (Wildman–Crippen LogP) is 3.38. The lowest BCUT2D eigenvalue weighted by molar-refractivity contribution is -0.0110. The molecule has 0 aliphatic heterocycles. The fourth-order valence-corrected chi connectivity index (χ4v) is 2.46. The second-order valence-corrected chi connectivity index (χ2v) is 5.83. The van der Waals surface area contributed by atoms with Crippen LogP contribution in [0.2, 0.25) is 0 Å². The highest BCUT2D eigenvalue weighted by molar-refractivity contribution is 5.94. The van der Waals surface area contributed by atoms with Crippen molar-refractivity contribution in [3.8, 4) is 0 Å². The summed E-state index contributed by atoms with van der Waals surface area (Å²) in [5.41, 5.74) is -0.204. The lowest BCUT2D eigenvalue weighted by atomic mass is 9.83. The molecule has 0 bridgehead atoms. The van der Waals surface area contributed by atoms with Crippen LogP contribution in [-0.4, -0.2) is 22.7 Å². The van der Waals surface area contributed by atoms with Gasteiger partial charge < -0.3 is 10.4 Å². The highest BCUT2D eigenvalue weighted by Gasteiger charge is 2.34. The first-order valence-corrected chi connectivity index (χ1v) is 7.51. The van der Waals surface area contributed by atoms with E-state index in [0.29, 0.717) is 24.3 Å². The quantitative estimate of drug-likeness (QED) is 0.802. The first-order valence-electron chi connectivity index (χ1n) is 7.51. The molecule has 0 heterocycles. The molecule has 2 N–H and O–H groups in total. The molecule has 0 radical (unpaired) electrons. The molecule has 0 spiro atoms. The number of aliphatic hydroxyl groups is 1. The smallest absolute Gasteiger partial charge is 0.251 e. The van der Waals surface area contributed by atoms with Crippen molar-refractivity contribution in [3.05, 3.63) is 35.9 Å². The molecule has 0 saturated heterocycles. The van der Waals surface area contributed by atoms with Crippen molar-refractivity contribution in [3.63, 3.8) is 0 Å². The Kier molecular flexibility index (Phi) is 6.21. The van der Waals surface area contributed by atoms with E-state index < -0.39 is 5.60 Å². The fourth-order valence-electron chi connectivity index (χ4n) is 2.46. The Bertz CT molecular complexity index is 410. The Balaban J connectivity index is 2.87. The maximum absolute atomic E-state index is 12.3. The van der Waals surface area contributed by atoms with Crippen molar-refractivity contribution in [2.24, 2.45) is 5.92 Å². The number of carbonyl (C=O) groups is 1. The molecule has 0 aliphatic carbocycles. The summed E-state index contributed by atoms with van der Waals surface area (Å²) in [6, 6.07) is 8.94. The molecular formula is C17H27NO2. The van der Waals surface area contributed by atoms with Crippen LogP contribution in [0.15, 0.2) is 30.3 Å². The van der Waals surface area contributed by atoms with Gasteiger partial charge in [-0.05, 0) is 37.3 Å². The van der Waals surface area contributed by atoms with Crippen LogP contribution in [0.25, 0.3) is 0 Å². The minimum absolute atomic E-state index is 0.114. The number of amides is 1. The van der Waals surface area contributed by atoms with Crippen LogP contribution >= 0.6 is 0 Å². The van der Waals surface area contributed by atoms with Crippen molar-refractivity contribution in [2.45, 2.75) is 58.6 Å². The van der Waals surface area contributed by atoms with Gasteiger partial charge in [0.15, 0.2) is 0 Å². The zero-order chi connectivity index (χ0) is 15.2. The van der Waals surface area contributed by atoms with Gasteiger partial charge in [-0.3, -0.25) is 4.79 Å². The van der Waals surface area contributed by atoms with Gasteiger partial charge in [-0.1, -0.05) is 45.9 Å². The standard InChI is InChI=1S/C17H27NO2/c1-5-17(20,6-2)15(12-13(3)4)18-16(19)14-10-8-7-9-11-14/h7-11,13,15,20H,5-6,12H2,1-4H3,(H,18,19)/t15-/m0/s1. The molecule has 1 aromatic rings. The van der Waals surface area contributed by atoms with E-state index in [-0.39, 0.29) is 11.9 Å². The highest BCUT2D eigenvalue weighted by atomic mass is 16.3. The summed E-state index contributed by atoms with van der Waals surface area (Å²) in [7, 11) is 0. The molecule has 1 amide bonds. The molecule has 3 nitrogen and oxygen atoms in total. The summed E-state index contributed by atoms with van der Waals surface area (Å²) in [6.45, 7) is 8.14. The second-order valence-electron chi connectivity index (χ2n) is 5.83.